The third-order valence-electron chi connectivity index (χ3n) is 7.36. The molecule has 1 atom stereocenters. The van der Waals surface area contributed by atoms with E-state index in [1.54, 1.807) is 24.8 Å². The standard InChI is InChI=1S/C32H38ClN5O5/c1-32(2,3)43-31(40)34-22-11-9-15-37(19-22)30-35-27-16-23(20-42-25-13-8-12-24(17-25)41-5)36(4)29(39)28(27)38(30)18-21-10-6-7-14-26(21)33/h6-8,10,12-14,16-17,22H,9,11,15,18-20H2,1-5H3,(H,34,40)/t22-/m1/s1. The van der Waals surface area contributed by atoms with E-state index in [9.17, 15) is 9.59 Å². The molecule has 1 amide bonds. The van der Waals surface area contributed by atoms with Gasteiger partial charge in [0.15, 0.2) is 0 Å². The molecular weight excluding hydrogens is 570 g/mol. The summed E-state index contributed by atoms with van der Waals surface area (Å²) in [5.41, 5.74) is 1.82. The first-order valence-corrected chi connectivity index (χ1v) is 14.7. The number of nitrogens with one attached hydrogen (secondary N) is 1. The number of ether oxygens (including phenoxy) is 3. The molecule has 1 saturated heterocycles. The Morgan fingerprint density at radius 2 is 1.88 bits per heavy atom. The quantitative estimate of drug-likeness (QED) is 0.282. The highest BCUT2D eigenvalue weighted by Gasteiger charge is 2.28. The first-order chi connectivity index (χ1) is 20.5. The van der Waals surface area contributed by atoms with Crippen LogP contribution in [0.3, 0.4) is 0 Å². The van der Waals surface area contributed by atoms with Crippen molar-refractivity contribution < 1.29 is 19.0 Å². The normalized spacial score (nSPS) is 15.4. The zero-order chi connectivity index (χ0) is 30.7. The number of piperidine rings is 1. The number of benzene rings is 2. The number of imidazole rings is 1. The molecule has 2 aromatic heterocycles. The second-order valence-electron chi connectivity index (χ2n) is 11.7. The van der Waals surface area contributed by atoms with Crippen LogP contribution in [0.25, 0.3) is 11.0 Å². The number of carbonyl (C=O) groups is 1. The molecular formula is C32H38ClN5O5. The molecule has 0 saturated carbocycles. The molecule has 2 aromatic carbocycles. The summed E-state index contributed by atoms with van der Waals surface area (Å²) in [6.07, 6.45) is 1.21. The van der Waals surface area contributed by atoms with Crippen LogP contribution in [-0.2, 0) is 24.9 Å². The number of halogens is 1. The van der Waals surface area contributed by atoms with Gasteiger partial charge in [-0.15, -0.1) is 0 Å². The van der Waals surface area contributed by atoms with Gasteiger partial charge < -0.3 is 33.6 Å². The minimum absolute atomic E-state index is 0.133. The Hall–Kier alpha value is -4.18. The largest absolute Gasteiger partial charge is 0.497 e. The Kier molecular flexibility index (Phi) is 8.87. The minimum Gasteiger partial charge on any atom is -0.497 e. The molecule has 228 valence electrons. The lowest BCUT2D eigenvalue weighted by Gasteiger charge is -2.34. The lowest BCUT2D eigenvalue weighted by atomic mass is 10.1. The van der Waals surface area contributed by atoms with Crippen molar-refractivity contribution in [2.45, 2.75) is 58.4 Å². The fraction of sp³-hybridized carbons (Fsp3) is 0.406. The van der Waals surface area contributed by atoms with Crippen molar-refractivity contribution in [3.05, 3.63) is 81.2 Å². The molecule has 3 heterocycles. The maximum absolute atomic E-state index is 13.9. The number of anilines is 1. The first-order valence-electron chi connectivity index (χ1n) is 14.4. The third kappa shape index (κ3) is 7.07. The predicted octanol–water partition coefficient (Wildman–Crippen LogP) is 5.52. The Bertz CT molecular complexity index is 1680. The fourth-order valence-electron chi connectivity index (χ4n) is 5.25. The number of amides is 1. The zero-order valence-electron chi connectivity index (χ0n) is 25.2. The molecule has 1 fully saturated rings. The van der Waals surface area contributed by atoms with E-state index in [0.29, 0.717) is 52.3 Å². The second-order valence-corrected chi connectivity index (χ2v) is 12.1. The number of hydrogen-bond acceptors (Lipinski definition) is 7. The molecule has 5 rings (SSSR count). The van der Waals surface area contributed by atoms with Crippen molar-refractivity contribution >= 4 is 34.7 Å². The Morgan fingerprint density at radius 1 is 1.12 bits per heavy atom. The summed E-state index contributed by atoms with van der Waals surface area (Å²) in [5, 5.41) is 3.61. The van der Waals surface area contributed by atoms with Gasteiger partial charge in [0.1, 0.15) is 29.2 Å². The molecule has 10 nitrogen and oxygen atoms in total. The zero-order valence-corrected chi connectivity index (χ0v) is 26.0. The van der Waals surface area contributed by atoms with Crippen LogP contribution < -0.4 is 25.2 Å². The van der Waals surface area contributed by atoms with E-state index in [-0.39, 0.29) is 18.2 Å². The number of hydrogen-bond donors (Lipinski definition) is 1. The molecule has 11 heteroatoms. The number of nitrogens with zero attached hydrogens (tertiary/aromatic N) is 4. The number of alkyl carbamates (subject to hydrolysis) is 1. The summed E-state index contributed by atoms with van der Waals surface area (Å²) in [6, 6.07) is 16.7. The summed E-state index contributed by atoms with van der Waals surface area (Å²) in [5.74, 6) is 1.97. The van der Waals surface area contributed by atoms with E-state index in [1.807, 2.05) is 73.9 Å². The Labute approximate surface area is 256 Å². The molecule has 0 spiro atoms. The maximum atomic E-state index is 13.9. The van der Waals surface area contributed by atoms with Gasteiger partial charge in [0, 0.05) is 37.3 Å². The van der Waals surface area contributed by atoms with Crippen molar-refractivity contribution in [2.75, 3.05) is 25.1 Å². The molecule has 0 radical (unpaired) electrons. The number of aromatic nitrogens is 3. The fourth-order valence-corrected chi connectivity index (χ4v) is 5.45. The van der Waals surface area contributed by atoms with Crippen molar-refractivity contribution in [1.29, 1.82) is 0 Å². The molecule has 0 unspecified atom stereocenters. The number of methoxy groups -OCH3 is 1. The molecule has 43 heavy (non-hydrogen) atoms. The summed E-state index contributed by atoms with van der Waals surface area (Å²) < 4.78 is 20.3. The highest BCUT2D eigenvalue weighted by atomic mass is 35.5. The van der Waals surface area contributed by atoms with Gasteiger partial charge in [-0.1, -0.05) is 35.9 Å². The monoisotopic (exact) mass is 607 g/mol. The van der Waals surface area contributed by atoms with Gasteiger partial charge in [-0.2, -0.15) is 0 Å². The third-order valence-corrected chi connectivity index (χ3v) is 7.72. The highest BCUT2D eigenvalue weighted by molar-refractivity contribution is 6.31. The van der Waals surface area contributed by atoms with Crippen molar-refractivity contribution in [1.82, 2.24) is 19.4 Å². The number of pyridine rings is 1. The van der Waals surface area contributed by atoms with E-state index in [4.69, 9.17) is 30.8 Å². The number of fused-ring (bicyclic) bond motifs is 1. The van der Waals surface area contributed by atoms with Crippen LogP contribution in [0.5, 0.6) is 11.5 Å². The van der Waals surface area contributed by atoms with E-state index < -0.39 is 11.7 Å². The minimum atomic E-state index is -0.588. The van der Waals surface area contributed by atoms with Crippen LogP contribution in [0.1, 0.15) is 44.9 Å². The van der Waals surface area contributed by atoms with Crippen LogP contribution in [0.4, 0.5) is 10.7 Å². The maximum Gasteiger partial charge on any atom is 0.407 e. The van der Waals surface area contributed by atoms with Gasteiger partial charge in [-0.3, -0.25) is 4.79 Å². The van der Waals surface area contributed by atoms with Gasteiger partial charge in [0.25, 0.3) is 5.56 Å². The molecule has 0 bridgehead atoms. The van der Waals surface area contributed by atoms with Crippen LogP contribution in [0, 0.1) is 0 Å². The first kappa shape index (κ1) is 30.3. The number of carbonyl (C=O) groups excluding carboxylic acids is 1. The SMILES string of the molecule is COc1cccc(OCc2cc3nc(N4CCC[C@@H](NC(=O)OC(C)(C)C)C4)n(Cc4ccccc4Cl)c3c(=O)n2C)c1. The predicted molar refractivity (Wildman–Crippen MR) is 167 cm³/mol. The van der Waals surface area contributed by atoms with Crippen LogP contribution in [-0.4, -0.2) is 52.1 Å². The van der Waals surface area contributed by atoms with Crippen LogP contribution in [0.2, 0.25) is 5.02 Å². The van der Waals surface area contributed by atoms with Crippen LogP contribution in [0.15, 0.2) is 59.4 Å². The lowest BCUT2D eigenvalue weighted by molar-refractivity contribution is 0.0499. The summed E-state index contributed by atoms with van der Waals surface area (Å²) in [4.78, 5) is 33.5. The Balaban J connectivity index is 1.50. The van der Waals surface area contributed by atoms with Crippen molar-refractivity contribution in [2.24, 2.45) is 7.05 Å². The van der Waals surface area contributed by atoms with Gasteiger partial charge in [0.2, 0.25) is 5.95 Å². The summed E-state index contributed by atoms with van der Waals surface area (Å²) in [6.45, 7) is 7.31. The second kappa shape index (κ2) is 12.6. The smallest absolute Gasteiger partial charge is 0.407 e. The molecule has 0 aliphatic carbocycles. The average molecular weight is 608 g/mol. The Morgan fingerprint density at radius 3 is 2.63 bits per heavy atom. The molecule has 1 aliphatic heterocycles. The average Bonchev–Trinajstić information content (AvgIpc) is 3.32. The molecule has 1 aliphatic rings. The topological polar surface area (TPSA) is 99.8 Å². The molecule has 1 N–H and O–H groups in total. The summed E-state index contributed by atoms with van der Waals surface area (Å²) in [7, 11) is 3.34. The van der Waals surface area contributed by atoms with E-state index in [0.717, 1.165) is 24.9 Å². The van der Waals surface area contributed by atoms with E-state index in [2.05, 4.69) is 10.2 Å². The van der Waals surface area contributed by atoms with E-state index in [1.165, 1.54) is 0 Å². The van der Waals surface area contributed by atoms with E-state index >= 15 is 0 Å². The summed E-state index contributed by atoms with van der Waals surface area (Å²) >= 11 is 6.56. The molecule has 4 aromatic rings. The van der Waals surface area contributed by atoms with Crippen molar-refractivity contribution in [3.63, 3.8) is 0 Å². The van der Waals surface area contributed by atoms with Gasteiger partial charge in [0.05, 0.1) is 24.9 Å². The lowest BCUT2D eigenvalue weighted by Crippen LogP contribution is -2.49. The number of rotatable bonds is 8. The van der Waals surface area contributed by atoms with Gasteiger partial charge >= 0.3 is 6.09 Å². The van der Waals surface area contributed by atoms with Gasteiger partial charge in [-0.05, 0) is 63.4 Å². The van der Waals surface area contributed by atoms with Crippen molar-refractivity contribution in [3.8, 4) is 11.5 Å². The van der Waals surface area contributed by atoms with Crippen LogP contribution >= 0.6 is 11.6 Å². The van der Waals surface area contributed by atoms with Gasteiger partial charge in [-0.25, -0.2) is 9.78 Å². The highest BCUT2D eigenvalue weighted by Crippen LogP contribution is 2.28.